The molecule has 0 aromatic heterocycles. The summed E-state index contributed by atoms with van der Waals surface area (Å²) in [5.41, 5.74) is 2.48. The van der Waals surface area contributed by atoms with Crippen molar-refractivity contribution >= 4 is 15.9 Å². The Bertz CT molecular complexity index is 782. The van der Waals surface area contributed by atoms with E-state index in [-0.39, 0.29) is 11.8 Å². The molecule has 4 rings (SSSR count). The summed E-state index contributed by atoms with van der Waals surface area (Å²) in [6.07, 6.45) is 5.33. The second-order valence-electron chi connectivity index (χ2n) is 7.69. The van der Waals surface area contributed by atoms with Gasteiger partial charge in [0.2, 0.25) is 15.9 Å². The highest BCUT2D eigenvalue weighted by atomic mass is 32.2. The molecule has 3 aliphatic rings. The van der Waals surface area contributed by atoms with Crippen LogP contribution in [0, 0.1) is 11.8 Å². The number of aryl methyl sites for hydroxylation is 2. The number of carbonyl (C=O) groups is 1. The molecule has 1 heterocycles. The van der Waals surface area contributed by atoms with Crippen molar-refractivity contribution in [2.24, 2.45) is 11.8 Å². The molecule has 0 spiro atoms. The van der Waals surface area contributed by atoms with Crippen molar-refractivity contribution in [3.63, 3.8) is 0 Å². The summed E-state index contributed by atoms with van der Waals surface area (Å²) < 4.78 is 27.5. The quantitative estimate of drug-likeness (QED) is 0.827. The highest BCUT2D eigenvalue weighted by Gasteiger charge is 2.42. The highest BCUT2D eigenvalue weighted by Crippen LogP contribution is 2.39. The normalized spacial score (nSPS) is 27.0. The van der Waals surface area contributed by atoms with Gasteiger partial charge in [-0.25, -0.2) is 8.42 Å². The molecule has 2 fully saturated rings. The van der Waals surface area contributed by atoms with Gasteiger partial charge in [-0.2, -0.15) is 4.31 Å². The molecule has 0 bridgehead atoms. The number of benzene rings is 1. The third-order valence-electron chi connectivity index (χ3n) is 5.93. The summed E-state index contributed by atoms with van der Waals surface area (Å²) in [4.78, 5) is 14.6. The van der Waals surface area contributed by atoms with Crippen molar-refractivity contribution in [1.29, 1.82) is 0 Å². The molecule has 1 saturated carbocycles. The molecule has 1 aliphatic heterocycles. The fourth-order valence-corrected chi connectivity index (χ4v) is 5.54. The first-order chi connectivity index (χ1) is 12.0. The van der Waals surface area contributed by atoms with Crippen LogP contribution in [-0.4, -0.2) is 49.7 Å². The van der Waals surface area contributed by atoms with Gasteiger partial charge in [0.15, 0.2) is 0 Å². The Labute approximate surface area is 150 Å². The number of fused-ring (bicyclic) bond motifs is 1. The van der Waals surface area contributed by atoms with Crippen LogP contribution in [0.15, 0.2) is 23.1 Å². The van der Waals surface area contributed by atoms with Crippen LogP contribution in [0.5, 0.6) is 0 Å². The van der Waals surface area contributed by atoms with Gasteiger partial charge in [0.25, 0.3) is 0 Å². The van der Waals surface area contributed by atoms with E-state index in [1.807, 2.05) is 17.0 Å². The molecule has 2 aliphatic carbocycles. The average molecular weight is 362 g/mol. The Kier molecular flexibility index (Phi) is 4.36. The van der Waals surface area contributed by atoms with Crippen molar-refractivity contribution in [2.45, 2.75) is 43.9 Å². The minimum absolute atomic E-state index is 0.170. The van der Waals surface area contributed by atoms with E-state index in [4.69, 9.17) is 0 Å². The number of carbonyl (C=O) groups excluding carboxylic acids is 1. The van der Waals surface area contributed by atoms with Gasteiger partial charge in [0, 0.05) is 32.1 Å². The topological polar surface area (TPSA) is 57.7 Å². The third-order valence-corrected chi connectivity index (χ3v) is 7.83. The fourth-order valence-electron chi connectivity index (χ4n) is 4.07. The van der Waals surface area contributed by atoms with E-state index in [0.717, 1.165) is 25.7 Å². The van der Waals surface area contributed by atoms with Crippen molar-refractivity contribution in [3.05, 3.63) is 29.3 Å². The summed E-state index contributed by atoms with van der Waals surface area (Å²) in [6, 6.07) is 5.60. The maximum Gasteiger partial charge on any atom is 0.243 e. The second kappa shape index (κ2) is 6.40. The SMILES string of the molecule is C[C@@H]1C[C@@H]1C(=O)N1CCN(S(=O)(=O)c2ccc3c(c2)CCCC3)CC1. The first-order valence-electron chi connectivity index (χ1n) is 9.37. The van der Waals surface area contributed by atoms with Crippen LogP contribution < -0.4 is 0 Å². The molecule has 1 aromatic carbocycles. The summed E-state index contributed by atoms with van der Waals surface area (Å²) >= 11 is 0. The smallest absolute Gasteiger partial charge is 0.243 e. The van der Waals surface area contributed by atoms with E-state index >= 15 is 0 Å². The summed E-state index contributed by atoms with van der Waals surface area (Å²) in [5.74, 6) is 0.867. The van der Waals surface area contributed by atoms with Crippen LogP contribution in [0.4, 0.5) is 0 Å². The maximum absolute atomic E-state index is 13.0. The summed E-state index contributed by atoms with van der Waals surface area (Å²) in [6.45, 7) is 3.90. The van der Waals surface area contributed by atoms with Crippen LogP contribution >= 0.6 is 0 Å². The number of sulfonamides is 1. The number of hydrogen-bond donors (Lipinski definition) is 0. The van der Waals surface area contributed by atoms with Gasteiger partial charge in [-0.05, 0) is 61.3 Å². The van der Waals surface area contributed by atoms with Gasteiger partial charge >= 0.3 is 0 Å². The molecule has 1 amide bonds. The Morgan fingerprint density at radius 2 is 1.68 bits per heavy atom. The molecule has 1 aromatic rings. The fraction of sp³-hybridized carbons (Fsp3) is 0.632. The predicted molar refractivity (Wildman–Crippen MR) is 95.7 cm³/mol. The van der Waals surface area contributed by atoms with Crippen molar-refractivity contribution in [2.75, 3.05) is 26.2 Å². The molecule has 136 valence electrons. The van der Waals surface area contributed by atoms with Gasteiger partial charge in [-0.15, -0.1) is 0 Å². The van der Waals surface area contributed by atoms with E-state index in [1.54, 1.807) is 6.07 Å². The van der Waals surface area contributed by atoms with E-state index in [2.05, 4.69) is 6.92 Å². The minimum atomic E-state index is -3.46. The first-order valence-corrected chi connectivity index (χ1v) is 10.8. The van der Waals surface area contributed by atoms with E-state index in [9.17, 15) is 13.2 Å². The number of piperazine rings is 1. The molecular formula is C19H26N2O3S. The predicted octanol–water partition coefficient (Wildman–Crippen LogP) is 2.05. The molecule has 0 N–H and O–H groups in total. The molecule has 2 atom stereocenters. The summed E-state index contributed by atoms with van der Waals surface area (Å²) in [7, 11) is -3.46. The standard InChI is InChI=1S/C19H26N2O3S/c1-14-12-18(14)19(22)20-8-10-21(11-9-20)25(23,24)17-7-6-15-4-2-3-5-16(15)13-17/h6-7,13-14,18H,2-5,8-12H2,1H3/t14-,18+/m1/s1. The zero-order valence-electron chi connectivity index (χ0n) is 14.8. The Morgan fingerprint density at radius 3 is 2.32 bits per heavy atom. The highest BCUT2D eigenvalue weighted by molar-refractivity contribution is 7.89. The number of nitrogens with zero attached hydrogens (tertiary/aromatic N) is 2. The zero-order valence-corrected chi connectivity index (χ0v) is 15.6. The maximum atomic E-state index is 13.0. The van der Waals surface area contributed by atoms with Crippen molar-refractivity contribution < 1.29 is 13.2 Å². The van der Waals surface area contributed by atoms with Crippen LogP contribution in [0.1, 0.15) is 37.3 Å². The minimum Gasteiger partial charge on any atom is -0.340 e. The molecular weight excluding hydrogens is 336 g/mol. The molecule has 6 heteroatoms. The lowest BCUT2D eigenvalue weighted by atomic mass is 9.92. The number of rotatable bonds is 3. The van der Waals surface area contributed by atoms with Crippen LogP contribution in [0.2, 0.25) is 0 Å². The summed E-state index contributed by atoms with van der Waals surface area (Å²) in [5, 5.41) is 0. The van der Waals surface area contributed by atoms with E-state index < -0.39 is 10.0 Å². The van der Waals surface area contributed by atoms with Gasteiger partial charge < -0.3 is 4.90 Å². The first kappa shape index (κ1) is 17.0. The Balaban J connectivity index is 1.45. The third kappa shape index (κ3) is 3.22. The van der Waals surface area contributed by atoms with Crippen LogP contribution in [0.25, 0.3) is 0 Å². The molecule has 0 unspecified atom stereocenters. The average Bonchev–Trinajstić information content (AvgIpc) is 3.37. The van der Waals surface area contributed by atoms with Gasteiger partial charge in [0.1, 0.15) is 0 Å². The molecule has 1 saturated heterocycles. The molecule has 25 heavy (non-hydrogen) atoms. The van der Waals surface area contributed by atoms with Crippen molar-refractivity contribution in [3.8, 4) is 0 Å². The van der Waals surface area contributed by atoms with E-state index in [0.29, 0.717) is 37.0 Å². The molecule has 0 radical (unpaired) electrons. The van der Waals surface area contributed by atoms with Crippen LogP contribution in [0.3, 0.4) is 0 Å². The lowest BCUT2D eigenvalue weighted by Gasteiger charge is -2.34. The molecule has 5 nitrogen and oxygen atoms in total. The Hall–Kier alpha value is -1.40. The Morgan fingerprint density at radius 1 is 1.04 bits per heavy atom. The zero-order chi connectivity index (χ0) is 17.6. The lowest BCUT2D eigenvalue weighted by molar-refractivity contribution is -0.134. The van der Waals surface area contributed by atoms with Gasteiger partial charge in [0.05, 0.1) is 4.90 Å². The van der Waals surface area contributed by atoms with Gasteiger partial charge in [-0.3, -0.25) is 4.79 Å². The monoisotopic (exact) mass is 362 g/mol. The lowest BCUT2D eigenvalue weighted by Crippen LogP contribution is -2.51. The van der Waals surface area contributed by atoms with Crippen LogP contribution in [-0.2, 0) is 27.7 Å². The second-order valence-corrected chi connectivity index (χ2v) is 9.62. The number of hydrogen-bond acceptors (Lipinski definition) is 3. The van der Waals surface area contributed by atoms with E-state index in [1.165, 1.54) is 21.9 Å². The largest absolute Gasteiger partial charge is 0.340 e. The number of amides is 1. The van der Waals surface area contributed by atoms with Gasteiger partial charge in [-0.1, -0.05) is 13.0 Å². The van der Waals surface area contributed by atoms with Crippen molar-refractivity contribution in [1.82, 2.24) is 9.21 Å².